The van der Waals surface area contributed by atoms with E-state index < -0.39 is 0 Å². The number of hydrogen-bond acceptors (Lipinski definition) is 3. The molecule has 0 N–H and O–H groups in total. The van der Waals surface area contributed by atoms with Gasteiger partial charge < -0.3 is 4.52 Å². The number of rotatable bonds is 0. The predicted octanol–water partition coefficient (Wildman–Crippen LogP) is 2.52. The predicted molar refractivity (Wildman–Crippen MR) is 50.5 cm³/mol. The average Bonchev–Trinajstić information content (AvgIpc) is 2.45. The van der Waals surface area contributed by atoms with Crippen LogP contribution in [0.5, 0.6) is 0 Å². The summed E-state index contributed by atoms with van der Waals surface area (Å²) in [7, 11) is 0. The van der Waals surface area contributed by atoms with Gasteiger partial charge in [0.05, 0.1) is 5.39 Å². The molecule has 0 spiro atoms. The van der Waals surface area contributed by atoms with Crippen molar-refractivity contribution >= 4 is 10.9 Å². The van der Waals surface area contributed by atoms with Crippen LogP contribution >= 0.6 is 0 Å². The average molecular weight is 176 g/mol. The third-order valence-corrected chi connectivity index (χ3v) is 1.96. The van der Waals surface area contributed by atoms with E-state index in [9.17, 15) is 0 Å². The maximum atomic E-state index is 5.29. The van der Waals surface area contributed by atoms with Crippen molar-refractivity contribution in [2.75, 3.05) is 0 Å². The summed E-state index contributed by atoms with van der Waals surface area (Å²) in [5.74, 6) is 0.899. The highest BCUT2D eigenvalue weighted by atomic mass is 16.5. The van der Waals surface area contributed by atoms with Crippen LogP contribution in [0.15, 0.2) is 23.0 Å². The summed E-state index contributed by atoms with van der Waals surface area (Å²) in [6, 6.07) is 1.86. The van der Waals surface area contributed by atoms with Crippen LogP contribution in [0.1, 0.15) is 26.5 Å². The first-order valence-corrected chi connectivity index (χ1v) is 4.29. The van der Waals surface area contributed by atoms with E-state index in [0.29, 0.717) is 0 Å². The molecule has 0 saturated heterocycles. The van der Waals surface area contributed by atoms with Crippen LogP contribution in [0.25, 0.3) is 10.9 Å². The minimum atomic E-state index is -0.0161. The molecule has 0 fully saturated rings. The third kappa shape index (κ3) is 1.30. The molecule has 68 valence electrons. The first kappa shape index (κ1) is 8.23. The van der Waals surface area contributed by atoms with E-state index >= 15 is 0 Å². The maximum Gasteiger partial charge on any atom is 0.151 e. The molecule has 2 heterocycles. The Morgan fingerprint density at radius 3 is 2.77 bits per heavy atom. The largest absolute Gasteiger partial charge is 0.360 e. The number of pyridine rings is 1. The second-order valence-corrected chi connectivity index (χ2v) is 4.15. The molecule has 2 rings (SSSR count). The number of hydrogen-bond donors (Lipinski definition) is 0. The highest BCUT2D eigenvalue weighted by molar-refractivity contribution is 5.79. The fourth-order valence-electron chi connectivity index (χ4n) is 1.33. The molecule has 0 unspecified atom stereocenters. The lowest BCUT2D eigenvalue weighted by Crippen LogP contribution is -2.09. The van der Waals surface area contributed by atoms with Crippen LogP contribution in [-0.2, 0) is 5.41 Å². The Morgan fingerprint density at radius 2 is 2.08 bits per heavy atom. The van der Waals surface area contributed by atoms with Gasteiger partial charge in [-0.1, -0.05) is 25.9 Å². The van der Waals surface area contributed by atoms with Crippen molar-refractivity contribution in [3.8, 4) is 0 Å². The van der Waals surface area contributed by atoms with Crippen LogP contribution < -0.4 is 0 Å². The van der Waals surface area contributed by atoms with Crippen LogP contribution in [-0.4, -0.2) is 10.1 Å². The van der Waals surface area contributed by atoms with Gasteiger partial charge in [0, 0.05) is 17.8 Å². The smallest absolute Gasteiger partial charge is 0.151 e. The minimum absolute atomic E-state index is 0.0161. The Kier molecular flexibility index (Phi) is 1.62. The monoisotopic (exact) mass is 176 g/mol. The van der Waals surface area contributed by atoms with Gasteiger partial charge in [0.25, 0.3) is 0 Å². The summed E-state index contributed by atoms with van der Waals surface area (Å²) < 4.78 is 5.29. The fraction of sp³-hybridized carbons (Fsp3) is 0.400. The number of nitrogens with zero attached hydrogens (tertiary/aromatic N) is 2. The molecule has 2 aromatic heterocycles. The molecule has 0 aliphatic carbocycles. The van der Waals surface area contributed by atoms with Gasteiger partial charge in [-0.3, -0.25) is 4.98 Å². The lowest BCUT2D eigenvalue weighted by molar-refractivity contribution is 0.336. The maximum absolute atomic E-state index is 5.29. The molecule has 13 heavy (non-hydrogen) atoms. The van der Waals surface area contributed by atoms with E-state index in [1.54, 1.807) is 12.4 Å². The van der Waals surface area contributed by atoms with Gasteiger partial charge in [-0.2, -0.15) is 0 Å². The molecule has 0 saturated carbocycles. The molecule has 0 amide bonds. The Morgan fingerprint density at radius 1 is 1.31 bits per heavy atom. The van der Waals surface area contributed by atoms with Crippen LogP contribution in [0.3, 0.4) is 0 Å². The van der Waals surface area contributed by atoms with Gasteiger partial charge in [-0.25, -0.2) is 0 Å². The minimum Gasteiger partial charge on any atom is -0.360 e. The van der Waals surface area contributed by atoms with Crippen LogP contribution in [0.4, 0.5) is 0 Å². The van der Waals surface area contributed by atoms with Crippen LogP contribution in [0.2, 0.25) is 0 Å². The van der Waals surface area contributed by atoms with Gasteiger partial charge in [0.15, 0.2) is 5.76 Å². The van der Waals surface area contributed by atoms with Gasteiger partial charge in [0.1, 0.15) is 5.52 Å². The van der Waals surface area contributed by atoms with E-state index in [4.69, 9.17) is 4.52 Å². The quantitative estimate of drug-likeness (QED) is 0.619. The summed E-state index contributed by atoms with van der Waals surface area (Å²) >= 11 is 0. The van der Waals surface area contributed by atoms with Crippen molar-refractivity contribution in [1.82, 2.24) is 10.1 Å². The first-order valence-electron chi connectivity index (χ1n) is 4.29. The van der Waals surface area contributed by atoms with Gasteiger partial charge >= 0.3 is 0 Å². The highest BCUT2D eigenvalue weighted by Gasteiger charge is 2.22. The normalized spacial score (nSPS) is 12.2. The Hall–Kier alpha value is -1.38. The van der Waals surface area contributed by atoms with Crippen LogP contribution in [0, 0.1) is 0 Å². The summed E-state index contributed by atoms with van der Waals surface area (Å²) in [5.41, 5.74) is 0.859. The molecule has 3 heteroatoms. The Labute approximate surface area is 76.8 Å². The van der Waals surface area contributed by atoms with Crippen molar-refractivity contribution in [3.05, 3.63) is 24.2 Å². The van der Waals surface area contributed by atoms with Crippen molar-refractivity contribution in [3.63, 3.8) is 0 Å². The van der Waals surface area contributed by atoms with Crippen molar-refractivity contribution in [2.24, 2.45) is 0 Å². The summed E-state index contributed by atoms with van der Waals surface area (Å²) in [6.45, 7) is 6.29. The second-order valence-electron chi connectivity index (χ2n) is 4.15. The van der Waals surface area contributed by atoms with E-state index in [-0.39, 0.29) is 5.41 Å². The fourth-order valence-corrected chi connectivity index (χ4v) is 1.33. The van der Waals surface area contributed by atoms with Gasteiger partial charge in [-0.05, 0) is 6.07 Å². The number of aromatic nitrogens is 2. The highest BCUT2D eigenvalue weighted by Crippen LogP contribution is 2.28. The summed E-state index contributed by atoms with van der Waals surface area (Å²) in [5, 5.41) is 4.98. The molecule has 2 aromatic rings. The van der Waals surface area contributed by atoms with E-state index in [1.165, 1.54) is 0 Å². The molecule has 0 radical (unpaired) electrons. The van der Waals surface area contributed by atoms with E-state index in [1.807, 2.05) is 6.07 Å². The molecular weight excluding hydrogens is 164 g/mol. The van der Waals surface area contributed by atoms with Crippen molar-refractivity contribution in [2.45, 2.75) is 26.2 Å². The number of fused-ring (bicyclic) bond motifs is 1. The first-order chi connectivity index (χ1) is 6.09. The van der Waals surface area contributed by atoms with Crippen molar-refractivity contribution < 1.29 is 4.52 Å². The Bertz CT molecular complexity index is 426. The topological polar surface area (TPSA) is 38.9 Å². The third-order valence-electron chi connectivity index (χ3n) is 1.96. The van der Waals surface area contributed by atoms with E-state index in [0.717, 1.165) is 16.7 Å². The zero-order valence-corrected chi connectivity index (χ0v) is 8.03. The van der Waals surface area contributed by atoms with Crippen molar-refractivity contribution in [1.29, 1.82) is 0 Å². The van der Waals surface area contributed by atoms with E-state index in [2.05, 4.69) is 30.9 Å². The zero-order valence-electron chi connectivity index (χ0n) is 8.03. The molecule has 3 nitrogen and oxygen atoms in total. The molecule has 0 atom stereocenters. The zero-order chi connectivity index (χ0) is 9.47. The van der Waals surface area contributed by atoms with Gasteiger partial charge in [0.2, 0.25) is 0 Å². The standard InChI is InChI=1S/C10H12N2O/c1-10(2,3)9-7-6-11-5-4-8(7)12-13-9/h4-6H,1-3H3. The molecule has 0 bridgehead atoms. The lowest BCUT2D eigenvalue weighted by Gasteiger charge is -2.13. The molecule has 0 aliphatic heterocycles. The summed E-state index contributed by atoms with van der Waals surface area (Å²) in [4.78, 5) is 4.06. The molecule has 0 aromatic carbocycles. The lowest BCUT2D eigenvalue weighted by atomic mass is 9.91. The Balaban J connectivity index is 2.72. The molecular formula is C10H12N2O. The second kappa shape index (κ2) is 2.55. The molecule has 0 aliphatic rings. The summed E-state index contributed by atoms with van der Waals surface area (Å²) in [6.07, 6.45) is 3.52. The van der Waals surface area contributed by atoms with Gasteiger partial charge in [-0.15, -0.1) is 0 Å². The SMILES string of the molecule is CC(C)(C)c1onc2ccncc12.